The van der Waals surface area contributed by atoms with Crippen molar-refractivity contribution < 1.29 is 0 Å². The van der Waals surface area contributed by atoms with E-state index >= 15 is 0 Å². The number of allylic oxidation sites excluding steroid dienone is 4. The molecule has 0 amide bonds. The third-order valence-corrected chi connectivity index (χ3v) is 1.96. The molecule has 0 saturated heterocycles. The van der Waals surface area contributed by atoms with Gasteiger partial charge in [-0.1, -0.05) is 25.2 Å². The van der Waals surface area contributed by atoms with Crippen LogP contribution in [0.25, 0.3) is 5.57 Å². The van der Waals surface area contributed by atoms with Gasteiger partial charge in [-0.25, -0.2) is 4.98 Å². The molecule has 0 fully saturated rings. The lowest BCUT2D eigenvalue weighted by Gasteiger charge is -1.99. The van der Waals surface area contributed by atoms with E-state index in [1.165, 1.54) is 5.57 Å². The van der Waals surface area contributed by atoms with E-state index in [4.69, 9.17) is 5.73 Å². The Kier molecular flexibility index (Phi) is 3.92. The van der Waals surface area contributed by atoms with Crippen molar-refractivity contribution in [1.82, 2.24) is 4.98 Å². The molecule has 74 valence electrons. The van der Waals surface area contributed by atoms with E-state index in [1.807, 2.05) is 12.1 Å². The number of nitrogen functional groups attached to an aromatic ring is 1. The van der Waals surface area contributed by atoms with Gasteiger partial charge >= 0.3 is 0 Å². The quantitative estimate of drug-likeness (QED) is 0.740. The van der Waals surface area contributed by atoms with Crippen molar-refractivity contribution in [2.24, 2.45) is 0 Å². The lowest BCUT2D eigenvalue weighted by Crippen LogP contribution is -1.89. The third-order valence-electron chi connectivity index (χ3n) is 1.96. The van der Waals surface area contributed by atoms with Crippen molar-refractivity contribution in [2.45, 2.75) is 20.3 Å². The van der Waals surface area contributed by atoms with Crippen molar-refractivity contribution in [1.29, 1.82) is 0 Å². The summed E-state index contributed by atoms with van der Waals surface area (Å²) in [4.78, 5) is 4.04. The Balaban J connectivity index is 2.78. The number of nitrogens with zero attached hydrogens (tertiary/aromatic N) is 1. The molecule has 0 radical (unpaired) electrons. The average Bonchev–Trinajstić information content (AvgIpc) is 2.19. The zero-order valence-electron chi connectivity index (χ0n) is 8.70. The van der Waals surface area contributed by atoms with Gasteiger partial charge in [0.2, 0.25) is 0 Å². The maximum atomic E-state index is 5.50. The van der Waals surface area contributed by atoms with Gasteiger partial charge in [-0.05, 0) is 36.6 Å². The maximum Gasteiger partial charge on any atom is 0.123 e. The number of anilines is 1. The average molecular weight is 188 g/mol. The predicted molar refractivity (Wildman–Crippen MR) is 61.7 cm³/mol. The molecule has 2 N–H and O–H groups in total. The molecule has 2 nitrogen and oxygen atoms in total. The zero-order valence-corrected chi connectivity index (χ0v) is 8.70. The fourth-order valence-electron chi connectivity index (χ4n) is 1.08. The number of hydrogen-bond acceptors (Lipinski definition) is 2. The van der Waals surface area contributed by atoms with Crippen LogP contribution in [0.3, 0.4) is 0 Å². The first-order valence-electron chi connectivity index (χ1n) is 4.79. The minimum absolute atomic E-state index is 0.561. The van der Waals surface area contributed by atoms with Crippen molar-refractivity contribution in [3.05, 3.63) is 42.1 Å². The van der Waals surface area contributed by atoms with E-state index in [1.54, 1.807) is 6.20 Å². The molecular weight excluding hydrogens is 172 g/mol. The third kappa shape index (κ3) is 3.05. The van der Waals surface area contributed by atoms with Crippen LogP contribution in [0.2, 0.25) is 0 Å². The molecule has 0 unspecified atom stereocenters. The van der Waals surface area contributed by atoms with Gasteiger partial charge in [0.25, 0.3) is 0 Å². The van der Waals surface area contributed by atoms with Gasteiger partial charge in [-0.15, -0.1) is 0 Å². The van der Waals surface area contributed by atoms with Gasteiger partial charge in [0.05, 0.1) is 0 Å². The Hall–Kier alpha value is -1.57. The summed E-state index contributed by atoms with van der Waals surface area (Å²) in [7, 11) is 0. The smallest absolute Gasteiger partial charge is 0.123 e. The summed E-state index contributed by atoms with van der Waals surface area (Å²) in [6, 6.07) is 3.80. The second-order valence-electron chi connectivity index (χ2n) is 3.16. The lowest BCUT2D eigenvalue weighted by molar-refractivity contribution is 1.22. The molecule has 0 aliphatic rings. The van der Waals surface area contributed by atoms with Gasteiger partial charge < -0.3 is 5.73 Å². The first kappa shape index (κ1) is 10.5. The topological polar surface area (TPSA) is 38.9 Å². The number of hydrogen-bond donors (Lipinski definition) is 1. The number of nitrogens with two attached hydrogens (primary N) is 1. The van der Waals surface area contributed by atoms with Crippen LogP contribution in [0.1, 0.15) is 25.8 Å². The standard InChI is InChI=1S/C12H16N2/c1-3-4-5-6-10(2)11-7-8-12(13)14-9-11/h4-9H,3H2,1-2H3,(H2,13,14)/b5-4-,10-6+. The molecule has 1 aromatic heterocycles. The van der Waals surface area contributed by atoms with Gasteiger partial charge in [-0.2, -0.15) is 0 Å². The lowest BCUT2D eigenvalue weighted by atomic mass is 10.1. The van der Waals surface area contributed by atoms with Crippen molar-refractivity contribution in [3.63, 3.8) is 0 Å². The molecule has 2 heteroatoms. The number of aromatic nitrogens is 1. The summed E-state index contributed by atoms with van der Waals surface area (Å²) in [5.74, 6) is 0.561. The molecule has 14 heavy (non-hydrogen) atoms. The highest BCUT2D eigenvalue weighted by Crippen LogP contribution is 2.13. The largest absolute Gasteiger partial charge is 0.384 e. The monoisotopic (exact) mass is 188 g/mol. The molecule has 0 aromatic carbocycles. The normalized spacial score (nSPS) is 12.3. The van der Waals surface area contributed by atoms with Crippen LogP contribution >= 0.6 is 0 Å². The van der Waals surface area contributed by atoms with E-state index < -0.39 is 0 Å². The highest BCUT2D eigenvalue weighted by molar-refractivity contribution is 5.65. The predicted octanol–water partition coefficient (Wildman–Crippen LogP) is 3.03. The zero-order chi connectivity index (χ0) is 10.4. The fourth-order valence-corrected chi connectivity index (χ4v) is 1.08. The highest BCUT2D eigenvalue weighted by atomic mass is 14.8. The molecular formula is C12H16N2. The van der Waals surface area contributed by atoms with Gasteiger partial charge in [0.1, 0.15) is 5.82 Å². The van der Waals surface area contributed by atoms with E-state index in [-0.39, 0.29) is 0 Å². The molecule has 0 bridgehead atoms. The summed E-state index contributed by atoms with van der Waals surface area (Å²) in [6.45, 7) is 4.18. The van der Waals surface area contributed by atoms with Crippen LogP contribution in [0, 0.1) is 0 Å². The summed E-state index contributed by atoms with van der Waals surface area (Å²) >= 11 is 0. The summed E-state index contributed by atoms with van der Waals surface area (Å²) < 4.78 is 0. The van der Waals surface area contributed by atoms with Crippen LogP contribution in [-0.4, -0.2) is 4.98 Å². The summed E-state index contributed by atoms with van der Waals surface area (Å²) in [5, 5.41) is 0. The first-order chi connectivity index (χ1) is 6.74. The Morgan fingerprint density at radius 2 is 2.29 bits per heavy atom. The number of pyridine rings is 1. The van der Waals surface area contributed by atoms with Gasteiger partial charge in [0.15, 0.2) is 0 Å². The first-order valence-corrected chi connectivity index (χ1v) is 4.79. The highest BCUT2D eigenvalue weighted by Gasteiger charge is 1.93. The number of rotatable bonds is 3. The van der Waals surface area contributed by atoms with Crippen LogP contribution < -0.4 is 5.73 Å². The van der Waals surface area contributed by atoms with Crippen LogP contribution in [0.4, 0.5) is 5.82 Å². The molecule has 0 saturated carbocycles. The van der Waals surface area contributed by atoms with Crippen LogP contribution in [0.15, 0.2) is 36.6 Å². The molecule has 0 spiro atoms. The van der Waals surface area contributed by atoms with E-state index in [0.717, 1.165) is 12.0 Å². The van der Waals surface area contributed by atoms with Crippen molar-refractivity contribution in [2.75, 3.05) is 5.73 Å². The SMILES string of the molecule is CC/C=C\C=C(/C)c1ccc(N)nc1. The molecule has 0 aliphatic heterocycles. The summed E-state index contributed by atoms with van der Waals surface area (Å²) in [5.41, 5.74) is 7.81. The second-order valence-corrected chi connectivity index (χ2v) is 3.16. The van der Waals surface area contributed by atoms with Crippen molar-refractivity contribution in [3.8, 4) is 0 Å². The maximum absolute atomic E-state index is 5.50. The molecule has 0 aliphatic carbocycles. The van der Waals surface area contributed by atoms with Gasteiger partial charge in [0, 0.05) is 6.20 Å². The van der Waals surface area contributed by atoms with Crippen LogP contribution in [0.5, 0.6) is 0 Å². The Morgan fingerprint density at radius 3 is 2.86 bits per heavy atom. The second kappa shape index (κ2) is 5.22. The Labute approximate surface area is 85.2 Å². The van der Waals surface area contributed by atoms with E-state index in [9.17, 15) is 0 Å². The minimum atomic E-state index is 0.561. The molecule has 1 aromatic rings. The minimum Gasteiger partial charge on any atom is -0.384 e. The molecule has 1 heterocycles. The molecule has 1 rings (SSSR count). The fraction of sp³-hybridized carbons (Fsp3) is 0.250. The Morgan fingerprint density at radius 1 is 1.50 bits per heavy atom. The van der Waals surface area contributed by atoms with E-state index in [0.29, 0.717) is 5.82 Å². The van der Waals surface area contributed by atoms with Gasteiger partial charge in [-0.3, -0.25) is 0 Å². The van der Waals surface area contributed by atoms with Crippen LogP contribution in [-0.2, 0) is 0 Å². The summed E-state index contributed by atoms with van der Waals surface area (Å²) in [6.07, 6.45) is 9.11. The van der Waals surface area contributed by atoms with E-state index in [2.05, 4.69) is 37.1 Å². The van der Waals surface area contributed by atoms with Crippen molar-refractivity contribution >= 4 is 11.4 Å². The Bertz CT molecular complexity index is 334. The molecule has 0 atom stereocenters.